The van der Waals surface area contributed by atoms with E-state index in [4.69, 9.17) is 0 Å². The standard InChI is InChI=1S/C21H18BrFN2O2S/c22-16-9-15(10-17(23)12-16)13-24-20(26)18(11-14-5-2-1-3-6-14)25-21(27)19-7-4-8-28-19/h1-10,12,18H,11,13H2,(H,24,26)(H,25,27). The van der Waals surface area contributed by atoms with E-state index in [0.717, 1.165) is 5.56 Å². The van der Waals surface area contributed by atoms with Crippen LogP contribution >= 0.6 is 27.3 Å². The van der Waals surface area contributed by atoms with Crippen molar-refractivity contribution in [1.82, 2.24) is 10.6 Å². The number of rotatable bonds is 7. The molecule has 7 heteroatoms. The molecule has 0 aliphatic rings. The lowest BCUT2D eigenvalue weighted by Crippen LogP contribution is -2.47. The summed E-state index contributed by atoms with van der Waals surface area (Å²) in [5.74, 6) is -1.00. The van der Waals surface area contributed by atoms with Crippen molar-refractivity contribution in [2.45, 2.75) is 19.0 Å². The number of hydrogen-bond donors (Lipinski definition) is 2. The zero-order chi connectivity index (χ0) is 19.9. The van der Waals surface area contributed by atoms with Crippen LogP contribution in [0.3, 0.4) is 0 Å². The van der Waals surface area contributed by atoms with Crippen molar-refractivity contribution in [3.63, 3.8) is 0 Å². The summed E-state index contributed by atoms with van der Waals surface area (Å²) in [5, 5.41) is 7.40. The SMILES string of the molecule is O=C(NC(Cc1ccccc1)C(=O)NCc1cc(F)cc(Br)c1)c1cccs1. The average molecular weight is 461 g/mol. The lowest BCUT2D eigenvalue weighted by Gasteiger charge is -2.18. The van der Waals surface area contributed by atoms with Crippen LogP contribution in [-0.2, 0) is 17.8 Å². The number of carbonyl (C=O) groups excluding carboxylic acids is 2. The van der Waals surface area contributed by atoms with E-state index in [1.165, 1.54) is 23.5 Å². The maximum Gasteiger partial charge on any atom is 0.262 e. The molecule has 1 atom stereocenters. The summed E-state index contributed by atoms with van der Waals surface area (Å²) in [6, 6.07) is 16.7. The monoisotopic (exact) mass is 460 g/mol. The molecule has 0 aliphatic carbocycles. The normalized spacial score (nSPS) is 11.6. The van der Waals surface area contributed by atoms with Gasteiger partial charge in [0.15, 0.2) is 0 Å². The second-order valence-corrected chi connectivity index (χ2v) is 8.05. The number of carbonyl (C=O) groups is 2. The largest absolute Gasteiger partial charge is 0.350 e. The third-order valence-corrected chi connectivity index (χ3v) is 5.36. The van der Waals surface area contributed by atoms with Gasteiger partial charge in [-0.1, -0.05) is 52.3 Å². The molecule has 3 aromatic rings. The fourth-order valence-electron chi connectivity index (χ4n) is 2.72. The molecule has 4 nitrogen and oxygen atoms in total. The molecule has 0 saturated heterocycles. The molecule has 0 spiro atoms. The highest BCUT2D eigenvalue weighted by Crippen LogP contribution is 2.15. The smallest absolute Gasteiger partial charge is 0.262 e. The van der Waals surface area contributed by atoms with Gasteiger partial charge in [-0.15, -0.1) is 11.3 Å². The molecule has 1 aromatic heterocycles. The molecular formula is C21H18BrFN2O2S. The fraction of sp³-hybridized carbons (Fsp3) is 0.143. The van der Waals surface area contributed by atoms with Crippen LogP contribution in [0.15, 0.2) is 70.5 Å². The van der Waals surface area contributed by atoms with Crippen molar-refractivity contribution in [1.29, 1.82) is 0 Å². The predicted octanol–water partition coefficient (Wildman–Crippen LogP) is 4.31. The van der Waals surface area contributed by atoms with E-state index < -0.39 is 6.04 Å². The fourth-order valence-corrected chi connectivity index (χ4v) is 3.86. The van der Waals surface area contributed by atoms with Crippen molar-refractivity contribution in [3.05, 3.63) is 92.3 Å². The summed E-state index contributed by atoms with van der Waals surface area (Å²) in [4.78, 5) is 25.7. The van der Waals surface area contributed by atoms with Gasteiger partial charge in [-0.25, -0.2) is 4.39 Å². The van der Waals surface area contributed by atoms with E-state index in [9.17, 15) is 14.0 Å². The van der Waals surface area contributed by atoms with Crippen molar-refractivity contribution in [2.24, 2.45) is 0 Å². The van der Waals surface area contributed by atoms with Crippen molar-refractivity contribution >= 4 is 39.1 Å². The molecule has 0 radical (unpaired) electrons. The molecule has 2 aromatic carbocycles. The van der Waals surface area contributed by atoms with E-state index >= 15 is 0 Å². The number of benzene rings is 2. The van der Waals surface area contributed by atoms with Gasteiger partial charge in [0.25, 0.3) is 5.91 Å². The Morgan fingerprint density at radius 2 is 1.82 bits per heavy atom. The molecule has 2 amide bonds. The summed E-state index contributed by atoms with van der Waals surface area (Å²) in [7, 11) is 0. The second kappa shape index (κ2) is 9.61. The van der Waals surface area contributed by atoms with Gasteiger partial charge in [-0.2, -0.15) is 0 Å². The van der Waals surface area contributed by atoms with Gasteiger partial charge in [0, 0.05) is 17.4 Å². The van der Waals surface area contributed by atoms with Crippen LogP contribution < -0.4 is 10.6 Å². The van der Waals surface area contributed by atoms with Crippen LogP contribution in [0, 0.1) is 5.82 Å². The Balaban J connectivity index is 1.71. The number of nitrogens with one attached hydrogen (secondary N) is 2. The van der Waals surface area contributed by atoms with E-state index in [1.54, 1.807) is 18.2 Å². The molecule has 0 bridgehead atoms. The minimum atomic E-state index is -0.742. The van der Waals surface area contributed by atoms with Crippen molar-refractivity contribution in [2.75, 3.05) is 0 Å². The molecule has 0 fully saturated rings. The van der Waals surface area contributed by atoms with Gasteiger partial charge in [0.1, 0.15) is 11.9 Å². The lowest BCUT2D eigenvalue weighted by molar-refractivity contribution is -0.123. The maximum atomic E-state index is 13.5. The summed E-state index contributed by atoms with van der Waals surface area (Å²) >= 11 is 4.55. The molecule has 28 heavy (non-hydrogen) atoms. The third-order valence-electron chi connectivity index (χ3n) is 4.04. The predicted molar refractivity (Wildman–Crippen MR) is 112 cm³/mol. The Labute approximate surface area is 174 Å². The minimum absolute atomic E-state index is 0.162. The number of thiophene rings is 1. The molecule has 0 aliphatic heterocycles. The lowest BCUT2D eigenvalue weighted by atomic mass is 10.0. The second-order valence-electron chi connectivity index (χ2n) is 6.19. The highest BCUT2D eigenvalue weighted by Gasteiger charge is 2.22. The van der Waals surface area contributed by atoms with E-state index in [0.29, 0.717) is 21.3 Å². The first-order chi connectivity index (χ1) is 13.5. The average Bonchev–Trinajstić information content (AvgIpc) is 3.20. The molecule has 0 saturated carbocycles. The summed E-state index contributed by atoms with van der Waals surface area (Å²) in [5.41, 5.74) is 1.56. The maximum absolute atomic E-state index is 13.5. The Hall–Kier alpha value is -2.51. The van der Waals surface area contributed by atoms with Crippen LogP contribution in [0.1, 0.15) is 20.8 Å². The van der Waals surface area contributed by atoms with E-state index in [2.05, 4.69) is 26.6 Å². The molecule has 1 heterocycles. The van der Waals surface area contributed by atoms with Crippen molar-refractivity contribution < 1.29 is 14.0 Å². The highest BCUT2D eigenvalue weighted by atomic mass is 79.9. The van der Waals surface area contributed by atoms with Crippen LogP contribution in [0.2, 0.25) is 0 Å². The van der Waals surface area contributed by atoms with E-state index in [-0.39, 0.29) is 24.2 Å². The summed E-state index contributed by atoms with van der Waals surface area (Å²) in [6.07, 6.45) is 0.358. The Morgan fingerprint density at radius 1 is 1.04 bits per heavy atom. The van der Waals surface area contributed by atoms with Crippen LogP contribution in [0.25, 0.3) is 0 Å². The highest BCUT2D eigenvalue weighted by molar-refractivity contribution is 9.10. The van der Waals surface area contributed by atoms with Gasteiger partial charge < -0.3 is 10.6 Å². The zero-order valence-corrected chi connectivity index (χ0v) is 17.2. The van der Waals surface area contributed by atoms with E-state index in [1.807, 2.05) is 35.7 Å². The zero-order valence-electron chi connectivity index (χ0n) is 14.8. The topological polar surface area (TPSA) is 58.2 Å². The number of halogens is 2. The third kappa shape index (κ3) is 5.74. The van der Waals surface area contributed by atoms with Gasteiger partial charge in [-0.05, 0) is 40.8 Å². The van der Waals surface area contributed by atoms with Crippen molar-refractivity contribution in [3.8, 4) is 0 Å². The Bertz CT molecular complexity index is 928. The summed E-state index contributed by atoms with van der Waals surface area (Å²) in [6.45, 7) is 0.162. The van der Waals surface area contributed by atoms with Crippen LogP contribution in [0.4, 0.5) is 4.39 Å². The Morgan fingerprint density at radius 3 is 2.50 bits per heavy atom. The number of hydrogen-bond acceptors (Lipinski definition) is 3. The molecular weight excluding hydrogens is 443 g/mol. The molecule has 144 valence electrons. The quantitative estimate of drug-likeness (QED) is 0.551. The molecule has 3 rings (SSSR count). The first-order valence-electron chi connectivity index (χ1n) is 8.62. The Kier molecular flexibility index (Phi) is 6.95. The minimum Gasteiger partial charge on any atom is -0.350 e. The van der Waals surface area contributed by atoms with Gasteiger partial charge in [0.05, 0.1) is 4.88 Å². The summed E-state index contributed by atoms with van der Waals surface area (Å²) < 4.78 is 14.1. The van der Waals surface area contributed by atoms with Crippen LogP contribution in [-0.4, -0.2) is 17.9 Å². The molecule has 2 N–H and O–H groups in total. The van der Waals surface area contributed by atoms with Gasteiger partial charge in [0.2, 0.25) is 5.91 Å². The van der Waals surface area contributed by atoms with Gasteiger partial charge >= 0.3 is 0 Å². The first-order valence-corrected chi connectivity index (χ1v) is 10.3. The first kappa shape index (κ1) is 20.2. The van der Waals surface area contributed by atoms with Gasteiger partial charge in [-0.3, -0.25) is 9.59 Å². The molecule has 1 unspecified atom stereocenters. The van der Waals surface area contributed by atoms with Crippen LogP contribution in [0.5, 0.6) is 0 Å². The number of amides is 2.